The van der Waals surface area contributed by atoms with Crippen molar-refractivity contribution in [1.29, 1.82) is 0 Å². The van der Waals surface area contributed by atoms with E-state index in [0.29, 0.717) is 30.0 Å². The van der Waals surface area contributed by atoms with Crippen LogP contribution in [0.1, 0.15) is 41.9 Å². The van der Waals surface area contributed by atoms with Crippen LogP contribution in [0.3, 0.4) is 0 Å². The highest BCUT2D eigenvalue weighted by Crippen LogP contribution is 2.55. The first kappa shape index (κ1) is 21.3. The summed E-state index contributed by atoms with van der Waals surface area (Å²) >= 11 is 0. The van der Waals surface area contributed by atoms with Crippen molar-refractivity contribution < 1.29 is 19.5 Å². The van der Waals surface area contributed by atoms with Crippen molar-refractivity contribution in [3.05, 3.63) is 57.3 Å². The Kier molecular flexibility index (Phi) is 5.04. The lowest BCUT2D eigenvalue weighted by molar-refractivity contribution is -0.144. The van der Waals surface area contributed by atoms with Crippen LogP contribution in [0.15, 0.2) is 29.1 Å². The van der Waals surface area contributed by atoms with Crippen molar-refractivity contribution >= 4 is 24.0 Å². The van der Waals surface area contributed by atoms with Gasteiger partial charge in [-0.1, -0.05) is 18.2 Å². The highest BCUT2D eigenvalue weighted by atomic mass is 16.3. The van der Waals surface area contributed by atoms with Crippen molar-refractivity contribution in [2.75, 3.05) is 11.9 Å². The summed E-state index contributed by atoms with van der Waals surface area (Å²) in [5, 5.41) is 9.92. The molecule has 4 aliphatic heterocycles. The van der Waals surface area contributed by atoms with Gasteiger partial charge in [-0.2, -0.15) is 0 Å². The molecule has 6 rings (SSSR count). The molecule has 3 atom stereocenters. The largest absolute Gasteiger partial charge is 0.483 e. The highest BCUT2D eigenvalue weighted by Gasteiger charge is 2.65. The fraction of sp³-hybridized carbons (Fsp3) is 0.435. The summed E-state index contributed by atoms with van der Waals surface area (Å²) in [4.78, 5) is 59.1. The highest BCUT2D eigenvalue weighted by molar-refractivity contribution is 6.09. The number of aromatic nitrogens is 2. The Hall–Kier alpha value is -3.53. The van der Waals surface area contributed by atoms with Crippen LogP contribution in [0.25, 0.3) is 0 Å². The van der Waals surface area contributed by atoms with Crippen LogP contribution in [0, 0.1) is 12.8 Å². The zero-order valence-corrected chi connectivity index (χ0v) is 18.2. The number of hydrogen-bond donors (Lipinski definition) is 3. The lowest BCUT2D eigenvalue weighted by Gasteiger charge is -2.37. The maximum Gasteiger partial charge on any atom is 0.290 e. The molecule has 0 unspecified atom stereocenters. The first-order valence-corrected chi connectivity index (χ1v) is 11.0. The van der Waals surface area contributed by atoms with Crippen molar-refractivity contribution in [2.45, 2.75) is 50.9 Å². The molecule has 0 saturated carbocycles. The van der Waals surface area contributed by atoms with E-state index >= 15 is 0 Å². The van der Waals surface area contributed by atoms with Gasteiger partial charge in [-0.25, -0.2) is 4.98 Å². The fourth-order valence-electron chi connectivity index (χ4n) is 6.13. The Morgan fingerprint density at radius 2 is 2.03 bits per heavy atom. The molecule has 5 heterocycles. The first-order valence-electron chi connectivity index (χ1n) is 11.0. The number of carbonyl (C=O) groups excluding carboxylic acids is 2. The van der Waals surface area contributed by atoms with Crippen LogP contribution in [0.2, 0.25) is 0 Å². The van der Waals surface area contributed by atoms with E-state index in [0.717, 1.165) is 30.6 Å². The molecule has 2 fully saturated rings. The molecule has 4 aliphatic rings. The number of amides is 2. The van der Waals surface area contributed by atoms with Crippen molar-refractivity contribution in [2.24, 2.45) is 5.92 Å². The summed E-state index contributed by atoms with van der Waals surface area (Å²) in [5.74, 6) is -0.0858. The number of carboxylic acid groups (broad SMARTS) is 1. The van der Waals surface area contributed by atoms with Gasteiger partial charge in [0.15, 0.2) is 0 Å². The predicted molar refractivity (Wildman–Crippen MR) is 117 cm³/mol. The monoisotopic (exact) mass is 451 g/mol. The van der Waals surface area contributed by atoms with Crippen molar-refractivity contribution in [3.63, 3.8) is 0 Å². The summed E-state index contributed by atoms with van der Waals surface area (Å²) in [7, 11) is 0. The number of H-pyrrole nitrogens is 1. The van der Waals surface area contributed by atoms with Gasteiger partial charge in [0.05, 0.1) is 30.3 Å². The van der Waals surface area contributed by atoms with Crippen molar-refractivity contribution in [1.82, 2.24) is 19.8 Å². The molecular weight excluding hydrogens is 426 g/mol. The summed E-state index contributed by atoms with van der Waals surface area (Å²) in [6.07, 6.45) is 2.70. The summed E-state index contributed by atoms with van der Waals surface area (Å²) in [6.45, 7) is 2.87. The van der Waals surface area contributed by atoms with Gasteiger partial charge in [-0.15, -0.1) is 0 Å². The van der Waals surface area contributed by atoms with Gasteiger partial charge in [0.25, 0.3) is 12.0 Å². The van der Waals surface area contributed by atoms with Crippen LogP contribution in [0.4, 0.5) is 5.69 Å². The van der Waals surface area contributed by atoms with E-state index in [1.807, 2.05) is 24.3 Å². The molecular formula is C23H25N5O5. The van der Waals surface area contributed by atoms with Crippen LogP contribution in [-0.4, -0.2) is 55.7 Å². The summed E-state index contributed by atoms with van der Waals surface area (Å²) in [5.41, 5.74) is 1.77. The number of benzene rings is 1. The molecule has 2 amide bonds. The molecule has 0 bridgehead atoms. The second kappa shape index (κ2) is 7.80. The predicted octanol–water partition coefficient (Wildman–Crippen LogP) is 0.953. The number of nitrogens with one attached hydrogen (secondary N) is 2. The smallest absolute Gasteiger partial charge is 0.290 e. The summed E-state index contributed by atoms with van der Waals surface area (Å²) in [6, 6.07) is 7.95. The average molecular weight is 451 g/mol. The van der Waals surface area contributed by atoms with E-state index in [-0.39, 0.29) is 36.4 Å². The van der Waals surface area contributed by atoms with E-state index in [1.165, 1.54) is 0 Å². The zero-order chi connectivity index (χ0) is 23.3. The number of fused-ring (bicyclic) bond motifs is 5. The Labute approximate surface area is 189 Å². The number of rotatable bonds is 1. The Morgan fingerprint density at radius 1 is 1.27 bits per heavy atom. The third-order valence-corrected chi connectivity index (χ3v) is 7.29. The third-order valence-electron chi connectivity index (χ3n) is 7.29. The Balaban J connectivity index is 0.000000724. The maximum absolute atomic E-state index is 13.8. The van der Waals surface area contributed by atoms with Gasteiger partial charge in [0.1, 0.15) is 11.4 Å². The van der Waals surface area contributed by atoms with Crippen molar-refractivity contribution in [3.8, 4) is 0 Å². The van der Waals surface area contributed by atoms with E-state index in [1.54, 1.807) is 11.8 Å². The van der Waals surface area contributed by atoms with Gasteiger partial charge >= 0.3 is 0 Å². The quantitative estimate of drug-likeness (QED) is 0.549. The molecule has 10 nitrogen and oxygen atoms in total. The molecule has 10 heteroatoms. The Bertz CT molecular complexity index is 1210. The van der Waals surface area contributed by atoms with Gasteiger partial charge in [-0.3, -0.25) is 24.1 Å². The molecule has 2 saturated heterocycles. The molecule has 172 valence electrons. The van der Waals surface area contributed by atoms with Gasteiger partial charge in [0.2, 0.25) is 11.8 Å². The second-order valence-electron chi connectivity index (χ2n) is 8.92. The van der Waals surface area contributed by atoms with Crippen LogP contribution in [0.5, 0.6) is 0 Å². The van der Waals surface area contributed by atoms with Crippen LogP contribution in [-0.2, 0) is 33.0 Å². The number of para-hydroxylation sites is 1. The number of hydrogen-bond acceptors (Lipinski definition) is 6. The zero-order valence-electron chi connectivity index (χ0n) is 18.2. The number of aryl methyl sites for hydroxylation is 1. The number of nitrogens with zero attached hydrogens (tertiary/aromatic N) is 3. The number of anilines is 1. The van der Waals surface area contributed by atoms with E-state index in [2.05, 4.69) is 20.2 Å². The fourth-order valence-corrected chi connectivity index (χ4v) is 6.13. The minimum absolute atomic E-state index is 0.0636. The second-order valence-corrected chi connectivity index (χ2v) is 8.92. The maximum atomic E-state index is 13.8. The topological polar surface area (TPSA) is 136 Å². The van der Waals surface area contributed by atoms with Gasteiger partial charge < -0.3 is 20.3 Å². The van der Waals surface area contributed by atoms with Gasteiger partial charge in [-0.05, 0) is 38.8 Å². The lowest BCUT2D eigenvalue weighted by Crippen LogP contribution is -2.54. The molecule has 0 aliphatic carbocycles. The number of carbonyl (C=O) groups is 3. The normalized spacial score (nSPS) is 26.9. The Morgan fingerprint density at radius 3 is 2.82 bits per heavy atom. The van der Waals surface area contributed by atoms with E-state index in [4.69, 9.17) is 9.90 Å². The number of aromatic amines is 1. The SMILES string of the molecule is Cc1nc2c(c(=O)[nH]1)CN(C(=O)[C@H]1C[C@H]3CCCN3[C@]13C(=O)Nc1ccccc13)C2.O=CO. The van der Waals surface area contributed by atoms with E-state index < -0.39 is 11.5 Å². The standard InChI is InChI=1S/C22H23N5O3.CH2O2/c1-12-23-18-11-26(10-14(18)19(28)24-12)20(29)16-9-13-5-4-8-27(13)22(16)15-6-2-3-7-17(15)25-21(22)30;2-1-3/h2-3,6-7,13,16H,4-5,8-11H2,1H3,(H,25,30)(H,23,24,28);1H,(H,2,3)/t13-,16-,22+;/m1./s1. The molecule has 1 spiro atoms. The lowest BCUT2D eigenvalue weighted by atomic mass is 9.78. The van der Waals surface area contributed by atoms with E-state index in [9.17, 15) is 14.4 Å². The molecule has 3 N–H and O–H groups in total. The molecule has 2 aromatic rings. The minimum atomic E-state index is -0.959. The molecule has 0 radical (unpaired) electrons. The average Bonchev–Trinajstić information content (AvgIpc) is 3.52. The van der Waals surface area contributed by atoms with Crippen LogP contribution < -0.4 is 10.9 Å². The first-order chi connectivity index (χ1) is 15.9. The van der Waals surface area contributed by atoms with Gasteiger partial charge in [0, 0.05) is 17.3 Å². The molecule has 1 aromatic heterocycles. The summed E-state index contributed by atoms with van der Waals surface area (Å²) < 4.78 is 0. The minimum Gasteiger partial charge on any atom is -0.483 e. The molecule has 33 heavy (non-hydrogen) atoms. The third kappa shape index (κ3) is 3.01. The van der Waals surface area contributed by atoms with Crippen LogP contribution >= 0.6 is 0 Å². The molecule has 1 aromatic carbocycles.